The van der Waals surface area contributed by atoms with Crippen LogP contribution in [0.2, 0.25) is 0 Å². The molecule has 0 saturated carbocycles. The van der Waals surface area contributed by atoms with Crippen LogP contribution in [0.1, 0.15) is 11.3 Å². The molecule has 0 spiro atoms. The molecule has 0 atom stereocenters. The summed E-state index contributed by atoms with van der Waals surface area (Å²) < 4.78 is 27.4. The molecule has 1 aromatic heterocycles. The van der Waals surface area contributed by atoms with Crippen LogP contribution < -0.4 is 4.72 Å². The van der Waals surface area contributed by atoms with E-state index in [0.29, 0.717) is 5.82 Å². The maximum atomic E-state index is 12.5. The van der Waals surface area contributed by atoms with Gasteiger partial charge >= 0.3 is 0 Å². The second-order valence-electron chi connectivity index (χ2n) is 5.65. The predicted octanol–water partition coefficient (Wildman–Crippen LogP) is 3.35. The van der Waals surface area contributed by atoms with E-state index in [1.54, 1.807) is 49.4 Å². The van der Waals surface area contributed by atoms with Gasteiger partial charge in [0.15, 0.2) is 0 Å². The first-order valence-electron chi connectivity index (χ1n) is 7.75. The van der Waals surface area contributed by atoms with Gasteiger partial charge in [-0.3, -0.25) is 4.72 Å². The predicted molar refractivity (Wildman–Crippen MR) is 97.6 cm³/mol. The standard InChI is InChI=1S/C19H18N2O3S/c1-14-3-2-4-19(20-14)21-25(23,24)18-11-9-17(10-12-18)16-7-5-15(13-22)6-8-16/h2-12,22H,13H2,1H3,(H,20,21). The summed E-state index contributed by atoms with van der Waals surface area (Å²) in [5.41, 5.74) is 3.42. The Balaban J connectivity index is 1.83. The van der Waals surface area contributed by atoms with Gasteiger partial charge in [-0.2, -0.15) is 0 Å². The topological polar surface area (TPSA) is 79.3 Å². The minimum atomic E-state index is -3.69. The highest BCUT2D eigenvalue weighted by Crippen LogP contribution is 2.23. The molecule has 3 rings (SSSR count). The zero-order valence-corrected chi connectivity index (χ0v) is 14.5. The van der Waals surface area contributed by atoms with Gasteiger partial charge in [0.2, 0.25) is 0 Å². The lowest BCUT2D eigenvalue weighted by Crippen LogP contribution is -2.14. The van der Waals surface area contributed by atoms with Gasteiger partial charge in [0.25, 0.3) is 10.0 Å². The summed E-state index contributed by atoms with van der Waals surface area (Å²) in [6, 6.07) is 19.3. The Labute approximate surface area is 147 Å². The Bertz CT molecular complexity index is 966. The highest BCUT2D eigenvalue weighted by Gasteiger charge is 2.15. The Hall–Kier alpha value is -2.70. The fraction of sp³-hybridized carbons (Fsp3) is 0.105. The second kappa shape index (κ2) is 7.04. The minimum Gasteiger partial charge on any atom is -0.392 e. The van der Waals surface area contributed by atoms with Crippen LogP contribution in [0, 0.1) is 6.92 Å². The Morgan fingerprint density at radius 2 is 1.52 bits per heavy atom. The summed E-state index contributed by atoms with van der Waals surface area (Å²) in [6.07, 6.45) is 0. The van der Waals surface area contributed by atoms with Gasteiger partial charge in [0, 0.05) is 5.69 Å². The number of rotatable bonds is 5. The quantitative estimate of drug-likeness (QED) is 0.736. The Kier molecular flexibility index (Phi) is 4.83. The van der Waals surface area contributed by atoms with E-state index in [1.807, 2.05) is 24.3 Å². The van der Waals surface area contributed by atoms with Crippen molar-refractivity contribution in [3.8, 4) is 11.1 Å². The molecule has 1 heterocycles. The molecule has 25 heavy (non-hydrogen) atoms. The van der Waals surface area contributed by atoms with Crippen molar-refractivity contribution in [3.63, 3.8) is 0 Å². The van der Waals surface area contributed by atoms with Gasteiger partial charge in [0.05, 0.1) is 11.5 Å². The van der Waals surface area contributed by atoms with E-state index in [9.17, 15) is 8.42 Å². The fourth-order valence-electron chi connectivity index (χ4n) is 2.43. The van der Waals surface area contributed by atoms with Gasteiger partial charge in [0.1, 0.15) is 5.82 Å². The summed E-state index contributed by atoms with van der Waals surface area (Å²) in [5.74, 6) is 0.295. The maximum absolute atomic E-state index is 12.5. The average Bonchev–Trinajstić information content (AvgIpc) is 2.61. The molecule has 0 aliphatic heterocycles. The molecule has 0 unspecified atom stereocenters. The first-order valence-corrected chi connectivity index (χ1v) is 9.23. The molecule has 0 fully saturated rings. The number of hydrogen-bond acceptors (Lipinski definition) is 4. The monoisotopic (exact) mass is 354 g/mol. The summed E-state index contributed by atoms with van der Waals surface area (Å²) in [5, 5.41) is 9.08. The maximum Gasteiger partial charge on any atom is 0.263 e. The van der Waals surface area contributed by atoms with E-state index >= 15 is 0 Å². The van der Waals surface area contributed by atoms with Crippen LogP contribution in [-0.2, 0) is 16.6 Å². The molecule has 0 aliphatic carbocycles. The van der Waals surface area contributed by atoms with E-state index in [0.717, 1.165) is 22.4 Å². The number of aromatic nitrogens is 1. The number of nitrogens with one attached hydrogen (secondary N) is 1. The minimum absolute atomic E-state index is 0.00384. The molecular formula is C19H18N2O3S. The van der Waals surface area contributed by atoms with E-state index in [4.69, 9.17) is 5.11 Å². The van der Waals surface area contributed by atoms with Gasteiger partial charge < -0.3 is 5.11 Å². The summed E-state index contributed by atoms with van der Waals surface area (Å²) >= 11 is 0. The van der Waals surface area contributed by atoms with Crippen molar-refractivity contribution in [1.29, 1.82) is 0 Å². The third-order valence-corrected chi connectivity index (χ3v) is 5.13. The lowest BCUT2D eigenvalue weighted by molar-refractivity contribution is 0.282. The number of pyridine rings is 1. The van der Waals surface area contributed by atoms with Crippen LogP contribution in [0.5, 0.6) is 0 Å². The summed E-state index contributed by atoms with van der Waals surface area (Å²) in [7, 11) is -3.69. The first kappa shape index (κ1) is 17.1. The van der Waals surface area contributed by atoms with Crippen molar-refractivity contribution in [3.05, 3.63) is 78.0 Å². The zero-order chi connectivity index (χ0) is 17.9. The van der Waals surface area contributed by atoms with Crippen LogP contribution in [-0.4, -0.2) is 18.5 Å². The van der Waals surface area contributed by atoms with Gasteiger partial charge in [-0.15, -0.1) is 0 Å². The lowest BCUT2D eigenvalue weighted by Gasteiger charge is -2.09. The second-order valence-corrected chi connectivity index (χ2v) is 7.33. The number of aliphatic hydroxyl groups excluding tert-OH is 1. The third kappa shape index (κ3) is 4.04. The number of sulfonamides is 1. The molecule has 3 aromatic rings. The van der Waals surface area contributed by atoms with Crippen LogP contribution >= 0.6 is 0 Å². The number of benzene rings is 2. The van der Waals surface area contributed by atoms with Crippen molar-refractivity contribution >= 4 is 15.8 Å². The molecule has 2 N–H and O–H groups in total. The summed E-state index contributed by atoms with van der Waals surface area (Å²) in [6.45, 7) is 1.80. The van der Waals surface area contributed by atoms with Crippen LogP contribution in [0.25, 0.3) is 11.1 Å². The number of aryl methyl sites for hydroxylation is 1. The third-order valence-electron chi connectivity index (χ3n) is 3.76. The lowest BCUT2D eigenvalue weighted by atomic mass is 10.0. The normalized spacial score (nSPS) is 11.3. The molecular weight excluding hydrogens is 336 g/mol. The van der Waals surface area contributed by atoms with Crippen LogP contribution in [0.15, 0.2) is 71.6 Å². The number of anilines is 1. The molecule has 0 bridgehead atoms. The van der Waals surface area contributed by atoms with Crippen molar-refractivity contribution in [2.45, 2.75) is 18.4 Å². The van der Waals surface area contributed by atoms with Crippen LogP contribution in [0.4, 0.5) is 5.82 Å². The molecule has 0 amide bonds. The summed E-state index contributed by atoms with van der Waals surface area (Å²) in [4.78, 5) is 4.33. The molecule has 6 heteroatoms. The molecule has 2 aromatic carbocycles. The molecule has 128 valence electrons. The molecule has 0 saturated heterocycles. The van der Waals surface area contributed by atoms with Crippen molar-refractivity contribution in [2.75, 3.05) is 4.72 Å². The highest BCUT2D eigenvalue weighted by molar-refractivity contribution is 7.92. The fourth-order valence-corrected chi connectivity index (χ4v) is 3.43. The number of nitrogens with zero attached hydrogens (tertiary/aromatic N) is 1. The Morgan fingerprint density at radius 1 is 0.920 bits per heavy atom. The molecule has 5 nitrogen and oxygen atoms in total. The Morgan fingerprint density at radius 3 is 2.08 bits per heavy atom. The van der Waals surface area contributed by atoms with E-state index in [1.165, 1.54) is 0 Å². The van der Waals surface area contributed by atoms with Crippen molar-refractivity contribution < 1.29 is 13.5 Å². The van der Waals surface area contributed by atoms with Crippen molar-refractivity contribution in [1.82, 2.24) is 4.98 Å². The number of aliphatic hydroxyl groups is 1. The zero-order valence-electron chi connectivity index (χ0n) is 13.7. The first-order chi connectivity index (χ1) is 12.0. The molecule has 0 radical (unpaired) electrons. The number of hydrogen-bond donors (Lipinski definition) is 2. The van der Waals surface area contributed by atoms with Crippen LogP contribution in [0.3, 0.4) is 0 Å². The van der Waals surface area contributed by atoms with Gasteiger partial charge in [-0.05, 0) is 47.9 Å². The van der Waals surface area contributed by atoms with Gasteiger partial charge in [-0.1, -0.05) is 42.5 Å². The van der Waals surface area contributed by atoms with E-state index < -0.39 is 10.0 Å². The SMILES string of the molecule is Cc1cccc(NS(=O)(=O)c2ccc(-c3ccc(CO)cc3)cc2)n1. The van der Waals surface area contributed by atoms with Crippen molar-refractivity contribution in [2.24, 2.45) is 0 Å². The average molecular weight is 354 g/mol. The van der Waals surface area contributed by atoms with E-state index in [-0.39, 0.29) is 11.5 Å². The highest BCUT2D eigenvalue weighted by atomic mass is 32.2. The van der Waals surface area contributed by atoms with Gasteiger partial charge in [-0.25, -0.2) is 13.4 Å². The molecule has 0 aliphatic rings. The largest absolute Gasteiger partial charge is 0.392 e. The smallest absolute Gasteiger partial charge is 0.263 e. The van der Waals surface area contributed by atoms with E-state index in [2.05, 4.69) is 9.71 Å².